The predicted molar refractivity (Wildman–Crippen MR) is 45.4 cm³/mol. The molecule has 0 aromatic carbocycles. The van der Waals surface area contributed by atoms with Crippen LogP contribution in [0, 0.1) is 0 Å². The SMILES string of the molecule is Nc1nc(C(=O)O)nc2c1CCC2. The lowest BCUT2D eigenvalue weighted by molar-refractivity contribution is 0.0683. The molecule has 1 heterocycles. The number of fused-ring (bicyclic) bond motifs is 1. The van der Waals surface area contributed by atoms with Gasteiger partial charge in [0.2, 0.25) is 5.82 Å². The van der Waals surface area contributed by atoms with Crippen molar-refractivity contribution in [3.8, 4) is 0 Å². The van der Waals surface area contributed by atoms with E-state index >= 15 is 0 Å². The molecular weight excluding hydrogens is 170 g/mol. The van der Waals surface area contributed by atoms with E-state index in [9.17, 15) is 4.79 Å². The summed E-state index contributed by atoms with van der Waals surface area (Å²) in [4.78, 5) is 18.2. The number of aromatic carboxylic acids is 1. The molecule has 1 aliphatic carbocycles. The van der Waals surface area contributed by atoms with Crippen LogP contribution >= 0.6 is 0 Å². The second kappa shape index (κ2) is 2.69. The first-order valence-corrected chi connectivity index (χ1v) is 4.07. The molecular formula is C8H9N3O2. The van der Waals surface area contributed by atoms with E-state index in [1.54, 1.807) is 0 Å². The molecule has 13 heavy (non-hydrogen) atoms. The van der Waals surface area contributed by atoms with Gasteiger partial charge in [-0.1, -0.05) is 0 Å². The lowest BCUT2D eigenvalue weighted by atomic mass is 10.2. The number of hydrogen-bond acceptors (Lipinski definition) is 4. The summed E-state index contributed by atoms with van der Waals surface area (Å²) in [5.41, 5.74) is 7.31. The predicted octanol–water partition coefficient (Wildman–Crippen LogP) is 0.246. The zero-order chi connectivity index (χ0) is 9.42. The minimum absolute atomic E-state index is 0.196. The molecule has 0 atom stereocenters. The highest BCUT2D eigenvalue weighted by atomic mass is 16.4. The van der Waals surface area contributed by atoms with Crippen LogP contribution in [0.4, 0.5) is 5.82 Å². The third kappa shape index (κ3) is 1.22. The number of nitrogen functional groups attached to an aromatic ring is 1. The van der Waals surface area contributed by atoms with Crippen molar-refractivity contribution in [2.75, 3.05) is 5.73 Å². The van der Waals surface area contributed by atoms with Gasteiger partial charge >= 0.3 is 5.97 Å². The molecule has 3 N–H and O–H groups in total. The number of nitrogens with zero attached hydrogens (tertiary/aromatic N) is 2. The third-order valence-corrected chi connectivity index (χ3v) is 2.16. The van der Waals surface area contributed by atoms with Crippen molar-refractivity contribution in [2.24, 2.45) is 0 Å². The van der Waals surface area contributed by atoms with Crippen molar-refractivity contribution in [1.82, 2.24) is 9.97 Å². The zero-order valence-electron chi connectivity index (χ0n) is 6.95. The fourth-order valence-corrected chi connectivity index (χ4v) is 1.56. The van der Waals surface area contributed by atoms with E-state index in [0.29, 0.717) is 5.82 Å². The van der Waals surface area contributed by atoms with Crippen molar-refractivity contribution in [1.29, 1.82) is 0 Å². The number of aromatic nitrogens is 2. The zero-order valence-corrected chi connectivity index (χ0v) is 6.95. The molecule has 1 aromatic rings. The number of carbonyl (C=O) groups is 1. The van der Waals surface area contributed by atoms with E-state index in [4.69, 9.17) is 10.8 Å². The smallest absolute Gasteiger partial charge is 0.374 e. The van der Waals surface area contributed by atoms with Gasteiger partial charge in [0.05, 0.1) is 5.69 Å². The van der Waals surface area contributed by atoms with Crippen molar-refractivity contribution >= 4 is 11.8 Å². The normalized spacial score (nSPS) is 14.2. The molecule has 0 fully saturated rings. The molecule has 0 aliphatic heterocycles. The Kier molecular flexibility index (Phi) is 1.65. The summed E-state index contributed by atoms with van der Waals surface area (Å²) in [5.74, 6) is -1.00. The van der Waals surface area contributed by atoms with Crippen LogP contribution in [0.5, 0.6) is 0 Å². The first kappa shape index (κ1) is 7.97. The number of carboxylic acids is 1. The molecule has 2 rings (SSSR count). The topological polar surface area (TPSA) is 89.1 Å². The maximum Gasteiger partial charge on any atom is 0.374 e. The van der Waals surface area contributed by atoms with E-state index in [1.165, 1.54) is 0 Å². The van der Waals surface area contributed by atoms with Crippen molar-refractivity contribution in [2.45, 2.75) is 19.3 Å². The molecule has 0 bridgehead atoms. The number of anilines is 1. The van der Waals surface area contributed by atoms with Gasteiger partial charge in [-0.05, 0) is 19.3 Å². The Morgan fingerprint density at radius 3 is 2.85 bits per heavy atom. The largest absolute Gasteiger partial charge is 0.475 e. The van der Waals surface area contributed by atoms with Crippen molar-refractivity contribution in [3.05, 3.63) is 17.1 Å². The number of nitrogens with two attached hydrogens (primary N) is 1. The number of rotatable bonds is 1. The maximum absolute atomic E-state index is 10.6. The molecule has 68 valence electrons. The highest BCUT2D eigenvalue weighted by molar-refractivity contribution is 5.83. The summed E-state index contributed by atoms with van der Waals surface area (Å²) in [6.45, 7) is 0. The van der Waals surface area contributed by atoms with Gasteiger partial charge in [-0.25, -0.2) is 14.8 Å². The summed E-state index contributed by atoms with van der Waals surface area (Å²) in [6, 6.07) is 0. The molecule has 1 aromatic heterocycles. The Hall–Kier alpha value is -1.65. The van der Waals surface area contributed by atoms with Crippen LogP contribution in [0.15, 0.2) is 0 Å². The molecule has 0 saturated heterocycles. The Bertz CT molecular complexity index is 376. The van der Waals surface area contributed by atoms with Crippen LogP contribution in [-0.4, -0.2) is 21.0 Å². The van der Waals surface area contributed by atoms with Crippen molar-refractivity contribution in [3.63, 3.8) is 0 Å². The summed E-state index contributed by atoms with van der Waals surface area (Å²) in [7, 11) is 0. The van der Waals surface area contributed by atoms with Crippen LogP contribution in [0.3, 0.4) is 0 Å². The van der Waals surface area contributed by atoms with E-state index in [1.807, 2.05) is 0 Å². The van der Waals surface area contributed by atoms with Gasteiger partial charge in [-0.3, -0.25) is 0 Å². The summed E-state index contributed by atoms with van der Waals surface area (Å²) >= 11 is 0. The van der Waals surface area contributed by atoms with Crippen LogP contribution in [-0.2, 0) is 12.8 Å². The molecule has 0 amide bonds. The second-order valence-electron chi connectivity index (χ2n) is 3.02. The summed E-state index contributed by atoms with van der Waals surface area (Å²) < 4.78 is 0. The Morgan fingerprint density at radius 1 is 1.38 bits per heavy atom. The highest BCUT2D eigenvalue weighted by Crippen LogP contribution is 2.23. The maximum atomic E-state index is 10.6. The fraction of sp³-hybridized carbons (Fsp3) is 0.375. The van der Waals surface area contributed by atoms with Crippen LogP contribution in [0.1, 0.15) is 28.3 Å². The van der Waals surface area contributed by atoms with Gasteiger partial charge in [0, 0.05) is 5.56 Å². The van der Waals surface area contributed by atoms with Crippen LogP contribution in [0.25, 0.3) is 0 Å². The Morgan fingerprint density at radius 2 is 2.15 bits per heavy atom. The first-order chi connectivity index (χ1) is 6.18. The molecule has 5 nitrogen and oxygen atoms in total. The lowest BCUT2D eigenvalue weighted by Gasteiger charge is -2.02. The van der Waals surface area contributed by atoms with Gasteiger partial charge in [-0.2, -0.15) is 0 Å². The third-order valence-electron chi connectivity index (χ3n) is 2.16. The quantitative estimate of drug-likeness (QED) is 0.644. The fourth-order valence-electron chi connectivity index (χ4n) is 1.56. The summed E-state index contributed by atoms with van der Waals surface area (Å²) in [5, 5.41) is 8.66. The molecule has 0 spiro atoms. The molecule has 0 unspecified atom stereocenters. The number of hydrogen-bond donors (Lipinski definition) is 2. The average molecular weight is 179 g/mol. The van der Waals surface area contributed by atoms with E-state index in [2.05, 4.69) is 9.97 Å². The number of aryl methyl sites for hydroxylation is 1. The Labute approximate surface area is 74.6 Å². The molecule has 5 heteroatoms. The lowest BCUT2D eigenvalue weighted by Crippen LogP contribution is -2.10. The number of carboxylic acid groups (broad SMARTS) is 1. The van der Waals surface area contributed by atoms with Gasteiger partial charge in [0.15, 0.2) is 0 Å². The standard InChI is InChI=1S/C8H9N3O2/c9-6-4-2-1-3-5(4)10-7(11-6)8(12)13/h1-3H2,(H,12,13)(H2,9,10,11). The highest BCUT2D eigenvalue weighted by Gasteiger charge is 2.19. The van der Waals surface area contributed by atoms with E-state index in [-0.39, 0.29) is 5.82 Å². The second-order valence-corrected chi connectivity index (χ2v) is 3.02. The molecule has 0 radical (unpaired) electrons. The Balaban J connectivity index is 2.55. The van der Waals surface area contributed by atoms with Gasteiger partial charge in [0.1, 0.15) is 5.82 Å². The monoisotopic (exact) mass is 179 g/mol. The molecule has 1 aliphatic rings. The van der Waals surface area contributed by atoms with Crippen molar-refractivity contribution < 1.29 is 9.90 Å². The van der Waals surface area contributed by atoms with Gasteiger partial charge in [0.25, 0.3) is 0 Å². The van der Waals surface area contributed by atoms with Crippen LogP contribution in [0.2, 0.25) is 0 Å². The van der Waals surface area contributed by atoms with Gasteiger partial charge < -0.3 is 10.8 Å². The minimum Gasteiger partial charge on any atom is -0.475 e. The van der Waals surface area contributed by atoms with Gasteiger partial charge in [-0.15, -0.1) is 0 Å². The minimum atomic E-state index is -1.12. The summed E-state index contributed by atoms with van der Waals surface area (Å²) in [6.07, 6.45) is 2.65. The van der Waals surface area contributed by atoms with E-state index < -0.39 is 5.97 Å². The van der Waals surface area contributed by atoms with E-state index in [0.717, 1.165) is 30.5 Å². The van der Waals surface area contributed by atoms with Crippen LogP contribution < -0.4 is 5.73 Å². The first-order valence-electron chi connectivity index (χ1n) is 4.07. The average Bonchev–Trinajstić information content (AvgIpc) is 2.51. The molecule has 0 saturated carbocycles.